The molecule has 3 aromatic rings. The molecule has 1 aromatic carbocycles. The first kappa shape index (κ1) is 13.5. The molecular formula is C15H17N5O. The number of hydrogen-bond donors (Lipinski definition) is 3. The van der Waals surface area contributed by atoms with Crippen molar-refractivity contribution in [1.82, 2.24) is 20.2 Å². The Morgan fingerprint density at radius 3 is 2.86 bits per heavy atom. The molecule has 0 saturated heterocycles. The number of aliphatic hydroxyl groups is 1. The molecule has 0 aliphatic heterocycles. The van der Waals surface area contributed by atoms with E-state index >= 15 is 0 Å². The summed E-state index contributed by atoms with van der Waals surface area (Å²) in [5.74, 6) is 0.987. The van der Waals surface area contributed by atoms with Gasteiger partial charge in [-0.15, -0.1) is 0 Å². The molecule has 0 aliphatic carbocycles. The predicted octanol–water partition coefficient (Wildman–Crippen LogP) is 1.93. The lowest BCUT2D eigenvalue weighted by molar-refractivity contribution is 0.277. The van der Waals surface area contributed by atoms with Crippen LogP contribution in [0.1, 0.15) is 17.9 Å². The number of nitrogens with zero attached hydrogens (tertiary/aromatic N) is 3. The summed E-state index contributed by atoms with van der Waals surface area (Å²) < 4.78 is 0. The van der Waals surface area contributed by atoms with Crippen LogP contribution in [-0.2, 0) is 0 Å². The van der Waals surface area contributed by atoms with Gasteiger partial charge in [0.25, 0.3) is 0 Å². The SMILES string of the molecule is OCCC(CNc1ncnc2[nH]ncc12)c1ccccc1. The number of H-pyrrole nitrogens is 1. The number of anilines is 1. The number of hydrogen-bond acceptors (Lipinski definition) is 5. The van der Waals surface area contributed by atoms with E-state index in [1.54, 1.807) is 6.20 Å². The first-order valence-electron chi connectivity index (χ1n) is 6.92. The van der Waals surface area contributed by atoms with E-state index in [-0.39, 0.29) is 12.5 Å². The summed E-state index contributed by atoms with van der Waals surface area (Å²) in [6.07, 6.45) is 3.92. The zero-order valence-corrected chi connectivity index (χ0v) is 11.5. The van der Waals surface area contributed by atoms with E-state index in [1.165, 1.54) is 11.9 Å². The quantitative estimate of drug-likeness (QED) is 0.643. The molecule has 0 amide bonds. The second-order valence-electron chi connectivity index (χ2n) is 4.86. The van der Waals surface area contributed by atoms with Crippen LogP contribution in [0.3, 0.4) is 0 Å². The summed E-state index contributed by atoms with van der Waals surface area (Å²) in [7, 11) is 0. The van der Waals surface area contributed by atoms with Crippen LogP contribution in [0.2, 0.25) is 0 Å². The Bertz CT molecular complexity index is 697. The maximum absolute atomic E-state index is 9.27. The zero-order valence-electron chi connectivity index (χ0n) is 11.5. The third kappa shape index (κ3) is 3.00. The number of rotatable bonds is 6. The zero-order chi connectivity index (χ0) is 14.5. The largest absolute Gasteiger partial charge is 0.396 e. The summed E-state index contributed by atoms with van der Waals surface area (Å²) in [6, 6.07) is 10.2. The van der Waals surface area contributed by atoms with E-state index in [0.29, 0.717) is 18.6 Å². The molecule has 6 nitrogen and oxygen atoms in total. The minimum absolute atomic E-state index is 0.159. The molecule has 1 atom stereocenters. The minimum Gasteiger partial charge on any atom is -0.396 e. The molecule has 6 heteroatoms. The second-order valence-corrected chi connectivity index (χ2v) is 4.86. The van der Waals surface area contributed by atoms with Crippen LogP contribution in [0.5, 0.6) is 0 Å². The standard InChI is InChI=1S/C15H17N5O/c21-7-6-12(11-4-2-1-3-5-11)8-16-14-13-9-19-20-15(13)18-10-17-14/h1-5,9-10,12,21H,6-8H2,(H2,16,17,18,19,20). The van der Waals surface area contributed by atoms with E-state index in [0.717, 1.165) is 11.2 Å². The van der Waals surface area contributed by atoms with Crippen molar-refractivity contribution in [2.75, 3.05) is 18.5 Å². The number of aliphatic hydroxyl groups excluding tert-OH is 1. The molecule has 21 heavy (non-hydrogen) atoms. The Kier molecular flexibility index (Phi) is 4.07. The topological polar surface area (TPSA) is 86.7 Å². The summed E-state index contributed by atoms with van der Waals surface area (Å²) >= 11 is 0. The third-order valence-corrected chi connectivity index (χ3v) is 3.51. The van der Waals surface area contributed by atoms with Crippen LogP contribution in [0.25, 0.3) is 11.0 Å². The molecule has 2 aromatic heterocycles. The lowest BCUT2D eigenvalue weighted by Gasteiger charge is -2.17. The van der Waals surface area contributed by atoms with Gasteiger partial charge in [-0.2, -0.15) is 5.10 Å². The molecule has 3 rings (SSSR count). The Balaban J connectivity index is 1.76. The highest BCUT2D eigenvalue weighted by molar-refractivity contribution is 5.85. The van der Waals surface area contributed by atoms with E-state index in [9.17, 15) is 5.11 Å². The second kappa shape index (κ2) is 6.32. The minimum atomic E-state index is 0.159. The van der Waals surface area contributed by atoms with Crippen molar-refractivity contribution in [1.29, 1.82) is 0 Å². The van der Waals surface area contributed by atoms with Crippen LogP contribution in [0.15, 0.2) is 42.9 Å². The van der Waals surface area contributed by atoms with Crippen LogP contribution in [0, 0.1) is 0 Å². The average molecular weight is 283 g/mol. The molecule has 108 valence electrons. The first-order chi connectivity index (χ1) is 10.4. The predicted molar refractivity (Wildman–Crippen MR) is 81.1 cm³/mol. The molecule has 0 aliphatic rings. The van der Waals surface area contributed by atoms with Crippen LogP contribution in [0.4, 0.5) is 5.82 Å². The fourth-order valence-electron chi connectivity index (χ4n) is 2.39. The van der Waals surface area contributed by atoms with Gasteiger partial charge in [0.05, 0.1) is 11.6 Å². The van der Waals surface area contributed by atoms with E-state index < -0.39 is 0 Å². The number of fused-ring (bicyclic) bond motifs is 1. The summed E-state index contributed by atoms with van der Waals surface area (Å²) in [6.45, 7) is 0.855. The highest BCUT2D eigenvalue weighted by Gasteiger charge is 2.12. The Morgan fingerprint density at radius 1 is 1.19 bits per heavy atom. The van der Waals surface area contributed by atoms with Gasteiger partial charge in [-0.3, -0.25) is 5.10 Å². The molecule has 0 radical (unpaired) electrons. The molecule has 1 unspecified atom stereocenters. The van der Waals surface area contributed by atoms with Gasteiger partial charge in [-0.25, -0.2) is 9.97 Å². The van der Waals surface area contributed by atoms with E-state index in [1.807, 2.05) is 18.2 Å². The summed E-state index contributed by atoms with van der Waals surface area (Å²) in [5.41, 5.74) is 1.92. The first-order valence-corrected chi connectivity index (χ1v) is 6.92. The monoisotopic (exact) mass is 283 g/mol. The Hall–Kier alpha value is -2.47. The van der Waals surface area contributed by atoms with Crippen molar-refractivity contribution in [2.24, 2.45) is 0 Å². The Morgan fingerprint density at radius 2 is 2.05 bits per heavy atom. The van der Waals surface area contributed by atoms with Gasteiger partial charge >= 0.3 is 0 Å². The van der Waals surface area contributed by atoms with Crippen LogP contribution in [-0.4, -0.2) is 38.4 Å². The van der Waals surface area contributed by atoms with Crippen molar-refractivity contribution >= 4 is 16.9 Å². The van der Waals surface area contributed by atoms with Crippen molar-refractivity contribution < 1.29 is 5.11 Å². The number of benzene rings is 1. The normalized spacial score (nSPS) is 12.4. The molecule has 2 heterocycles. The van der Waals surface area contributed by atoms with Crippen molar-refractivity contribution in [3.63, 3.8) is 0 Å². The van der Waals surface area contributed by atoms with Crippen molar-refractivity contribution in [3.8, 4) is 0 Å². The smallest absolute Gasteiger partial charge is 0.160 e. The molecule has 0 saturated carbocycles. The molecule has 0 bridgehead atoms. The van der Waals surface area contributed by atoms with Crippen LogP contribution < -0.4 is 5.32 Å². The average Bonchev–Trinajstić information content (AvgIpc) is 3.01. The highest BCUT2D eigenvalue weighted by atomic mass is 16.3. The van der Waals surface area contributed by atoms with E-state index in [2.05, 4.69) is 37.6 Å². The van der Waals surface area contributed by atoms with Gasteiger partial charge in [0, 0.05) is 19.1 Å². The maximum Gasteiger partial charge on any atom is 0.160 e. The molecule has 0 spiro atoms. The summed E-state index contributed by atoms with van der Waals surface area (Å²) in [4.78, 5) is 8.37. The third-order valence-electron chi connectivity index (χ3n) is 3.51. The van der Waals surface area contributed by atoms with Gasteiger partial charge in [-0.1, -0.05) is 30.3 Å². The highest BCUT2D eigenvalue weighted by Crippen LogP contribution is 2.22. The molecular weight excluding hydrogens is 266 g/mol. The van der Waals surface area contributed by atoms with E-state index in [4.69, 9.17) is 0 Å². The number of aromatic nitrogens is 4. The van der Waals surface area contributed by atoms with Crippen molar-refractivity contribution in [3.05, 3.63) is 48.4 Å². The summed E-state index contributed by atoms with van der Waals surface area (Å²) in [5, 5.41) is 20.3. The van der Waals surface area contributed by atoms with Crippen LogP contribution >= 0.6 is 0 Å². The van der Waals surface area contributed by atoms with Gasteiger partial charge in [0.1, 0.15) is 12.1 Å². The fraction of sp³-hybridized carbons (Fsp3) is 0.267. The maximum atomic E-state index is 9.27. The molecule has 0 fully saturated rings. The number of aromatic amines is 1. The fourth-order valence-corrected chi connectivity index (χ4v) is 2.39. The van der Waals surface area contributed by atoms with Crippen molar-refractivity contribution in [2.45, 2.75) is 12.3 Å². The number of nitrogens with one attached hydrogen (secondary N) is 2. The lowest BCUT2D eigenvalue weighted by atomic mass is 9.96. The Labute approximate surface area is 122 Å². The van der Waals surface area contributed by atoms with Gasteiger partial charge in [0.2, 0.25) is 0 Å². The van der Waals surface area contributed by atoms with Gasteiger partial charge in [-0.05, 0) is 12.0 Å². The molecule has 3 N–H and O–H groups in total. The van der Waals surface area contributed by atoms with Gasteiger partial charge in [0.15, 0.2) is 5.65 Å². The van der Waals surface area contributed by atoms with Gasteiger partial charge < -0.3 is 10.4 Å². The lowest BCUT2D eigenvalue weighted by Crippen LogP contribution is -2.15.